The van der Waals surface area contributed by atoms with E-state index in [2.05, 4.69) is 61.7 Å². The summed E-state index contributed by atoms with van der Waals surface area (Å²) in [6.07, 6.45) is 0.987. The first-order valence-electron chi connectivity index (χ1n) is 7.32. The molecule has 0 saturated carbocycles. The summed E-state index contributed by atoms with van der Waals surface area (Å²) in [7, 11) is 0. The zero-order chi connectivity index (χ0) is 15.2. The van der Waals surface area contributed by atoms with Crippen molar-refractivity contribution in [3.05, 3.63) is 65.2 Å². The number of nitrogens with one attached hydrogen (secondary N) is 2. The molecule has 0 fully saturated rings. The van der Waals surface area contributed by atoms with Crippen molar-refractivity contribution < 1.29 is 0 Å². The molecular weight excluding hydrogens is 276 g/mol. The topological polar surface area (TPSA) is 24.1 Å². The summed E-state index contributed by atoms with van der Waals surface area (Å²) in [6, 6.07) is 16.8. The summed E-state index contributed by atoms with van der Waals surface area (Å²) in [5, 5.41) is 7.36. The number of hydrogen-bond acceptors (Lipinski definition) is 1. The molecule has 0 radical (unpaired) electrons. The van der Waals surface area contributed by atoms with E-state index in [4.69, 9.17) is 12.2 Å². The minimum absolute atomic E-state index is 0.181. The van der Waals surface area contributed by atoms with Crippen LogP contribution in [-0.4, -0.2) is 5.11 Å². The summed E-state index contributed by atoms with van der Waals surface area (Å²) in [5.74, 6) is 0. The zero-order valence-electron chi connectivity index (χ0n) is 12.8. The maximum absolute atomic E-state index is 5.46. The van der Waals surface area contributed by atoms with Crippen LogP contribution in [0.2, 0.25) is 0 Å². The second-order valence-electron chi connectivity index (χ2n) is 5.19. The molecule has 0 bridgehead atoms. The van der Waals surface area contributed by atoms with Gasteiger partial charge < -0.3 is 10.6 Å². The van der Waals surface area contributed by atoms with Gasteiger partial charge in [0.2, 0.25) is 0 Å². The predicted octanol–water partition coefficient (Wildman–Crippen LogP) is 4.61. The van der Waals surface area contributed by atoms with E-state index < -0.39 is 0 Å². The Morgan fingerprint density at radius 3 is 2.48 bits per heavy atom. The monoisotopic (exact) mass is 298 g/mol. The normalized spacial score (nSPS) is 11.8. The summed E-state index contributed by atoms with van der Waals surface area (Å²) in [6.45, 7) is 6.37. The highest BCUT2D eigenvalue weighted by Gasteiger charge is 2.09. The van der Waals surface area contributed by atoms with Gasteiger partial charge in [-0.1, -0.05) is 55.5 Å². The zero-order valence-corrected chi connectivity index (χ0v) is 13.6. The lowest BCUT2D eigenvalue weighted by molar-refractivity contribution is 0.722. The third-order valence-electron chi connectivity index (χ3n) is 3.63. The molecule has 110 valence electrons. The molecule has 0 aromatic heterocycles. The van der Waals surface area contributed by atoms with Crippen LogP contribution in [0.3, 0.4) is 0 Å². The molecule has 0 spiro atoms. The molecular formula is C18H22N2S. The smallest absolute Gasteiger partial charge is 0.171 e. The number of rotatable bonds is 4. The van der Waals surface area contributed by atoms with E-state index in [0.717, 1.165) is 12.1 Å². The van der Waals surface area contributed by atoms with Crippen LogP contribution in [0.25, 0.3) is 0 Å². The summed E-state index contributed by atoms with van der Waals surface area (Å²) >= 11 is 5.46. The van der Waals surface area contributed by atoms with Crippen LogP contribution in [0.15, 0.2) is 48.5 Å². The van der Waals surface area contributed by atoms with Crippen LogP contribution >= 0.6 is 12.2 Å². The van der Waals surface area contributed by atoms with Gasteiger partial charge in [-0.25, -0.2) is 0 Å². The molecule has 0 amide bonds. The van der Waals surface area contributed by atoms with Crippen LogP contribution in [0.1, 0.15) is 36.6 Å². The molecule has 0 aliphatic heterocycles. The van der Waals surface area contributed by atoms with Gasteiger partial charge in [0, 0.05) is 5.69 Å². The molecule has 0 heterocycles. The fraction of sp³-hybridized carbons (Fsp3) is 0.278. The summed E-state index contributed by atoms with van der Waals surface area (Å²) in [5.41, 5.74) is 4.84. The molecule has 2 aromatic carbocycles. The standard InChI is InChI=1S/C18H22N2S/c1-4-15-12-8-9-13(2)17(15)20-18(21)19-14(3)16-10-6-5-7-11-16/h5-12,14H,4H2,1-3H3,(H2,19,20,21)/t14-/m0/s1. The average Bonchev–Trinajstić information content (AvgIpc) is 2.50. The molecule has 0 aliphatic rings. The maximum atomic E-state index is 5.46. The van der Waals surface area contributed by atoms with Crippen molar-refractivity contribution in [1.29, 1.82) is 0 Å². The van der Waals surface area contributed by atoms with E-state index in [1.807, 2.05) is 18.2 Å². The third-order valence-corrected chi connectivity index (χ3v) is 3.85. The van der Waals surface area contributed by atoms with Gasteiger partial charge in [0.25, 0.3) is 0 Å². The van der Waals surface area contributed by atoms with Gasteiger partial charge in [-0.3, -0.25) is 0 Å². The molecule has 0 aliphatic carbocycles. The van der Waals surface area contributed by atoms with Crippen molar-refractivity contribution in [3.8, 4) is 0 Å². The number of aryl methyl sites for hydroxylation is 2. The number of benzene rings is 2. The van der Waals surface area contributed by atoms with Crippen LogP contribution in [0.5, 0.6) is 0 Å². The van der Waals surface area contributed by atoms with Gasteiger partial charge in [0.1, 0.15) is 0 Å². The van der Waals surface area contributed by atoms with E-state index in [9.17, 15) is 0 Å². The van der Waals surface area contributed by atoms with Crippen molar-refractivity contribution in [1.82, 2.24) is 5.32 Å². The fourth-order valence-corrected chi connectivity index (χ4v) is 2.65. The number of anilines is 1. The molecule has 0 unspecified atom stereocenters. The second-order valence-corrected chi connectivity index (χ2v) is 5.60. The molecule has 1 atom stereocenters. The molecule has 3 heteroatoms. The van der Waals surface area contributed by atoms with Crippen molar-refractivity contribution in [3.63, 3.8) is 0 Å². The molecule has 2 nitrogen and oxygen atoms in total. The van der Waals surface area contributed by atoms with Crippen LogP contribution in [0, 0.1) is 6.92 Å². The van der Waals surface area contributed by atoms with Crippen molar-refractivity contribution in [2.75, 3.05) is 5.32 Å². The molecule has 2 aromatic rings. The molecule has 0 saturated heterocycles. The van der Waals surface area contributed by atoms with E-state index >= 15 is 0 Å². The van der Waals surface area contributed by atoms with Crippen molar-refractivity contribution in [2.24, 2.45) is 0 Å². The first kappa shape index (κ1) is 15.5. The Bertz CT molecular complexity index is 608. The number of thiocarbonyl (C=S) groups is 1. The summed E-state index contributed by atoms with van der Waals surface area (Å²) < 4.78 is 0. The van der Waals surface area contributed by atoms with Gasteiger partial charge in [-0.2, -0.15) is 0 Å². The van der Waals surface area contributed by atoms with E-state index in [-0.39, 0.29) is 6.04 Å². The van der Waals surface area contributed by atoms with Crippen molar-refractivity contribution in [2.45, 2.75) is 33.2 Å². The van der Waals surface area contributed by atoms with Gasteiger partial charge in [-0.05, 0) is 49.2 Å². The lowest BCUT2D eigenvalue weighted by Crippen LogP contribution is -2.31. The number of hydrogen-bond donors (Lipinski definition) is 2. The largest absolute Gasteiger partial charge is 0.356 e. The highest BCUT2D eigenvalue weighted by molar-refractivity contribution is 7.80. The Morgan fingerprint density at radius 1 is 1.10 bits per heavy atom. The average molecular weight is 298 g/mol. The Balaban J connectivity index is 2.06. The SMILES string of the molecule is CCc1cccc(C)c1NC(=S)N[C@@H](C)c1ccccc1. The van der Waals surface area contributed by atoms with Gasteiger partial charge >= 0.3 is 0 Å². The number of para-hydroxylation sites is 1. The van der Waals surface area contributed by atoms with Gasteiger partial charge in [0.15, 0.2) is 5.11 Å². The van der Waals surface area contributed by atoms with Crippen molar-refractivity contribution >= 4 is 23.0 Å². The Morgan fingerprint density at radius 2 is 1.81 bits per heavy atom. The van der Waals surface area contributed by atoms with Crippen LogP contribution in [0.4, 0.5) is 5.69 Å². The fourth-order valence-electron chi connectivity index (χ4n) is 2.37. The van der Waals surface area contributed by atoms with Gasteiger partial charge in [-0.15, -0.1) is 0 Å². The lowest BCUT2D eigenvalue weighted by atomic mass is 10.1. The molecule has 2 N–H and O–H groups in total. The lowest BCUT2D eigenvalue weighted by Gasteiger charge is -2.19. The Hall–Kier alpha value is -1.87. The highest BCUT2D eigenvalue weighted by atomic mass is 32.1. The van der Waals surface area contributed by atoms with E-state index in [1.165, 1.54) is 16.7 Å². The van der Waals surface area contributed by atoms with Crippen LogP contribution in [-0.2, 0) is 6.42 Å². The quantitative estimate of drug-likeness (QED) is 0.806. The van der Waals surface area contributed by atoms with E-state index in [1.54, 1.807) is 0 Å². The summed E-state index contributed by atoms with van der Waals surface area (Å²) in [4.78, 5) is 0. The Labute approximate surface area is 132 Å². The minimum Gasteiger partial charge on any atom is -0.356 e. The first-order chi connectivity index (χ1) is 10.1. The third kappa shape index (κ3) is 4.05. The predicted molar refractivity (Wildman–Crippen MR) is 94.8 cm³/mol. The van der Waals surface area contributed by atoms with Crippen LogP contribution < -0.4 is 10.6 Å². The molecule has 21 heavy (non-hydrogen) atoms. The van der Waals surface area contributed by atoms with E-state index in [0.29, 0.717) is 5.11 Å². The highest BCUT2D eigenvalue weighted by Crippen LogP contribution is 2.21. The first-order valence-corrected chi connectivity index (χ1v) is 7.73. The molecule has 2 rings (SSSR count). The maximum Gasteiger partial charge on any atom is 0.171 e. The minimum atomic E-state index is 0.181. The second kappa shape index (κ2) is 7.23. The van der Waals surface area contributed by atoms with Gasteiger partial charge in [0.05, 0.1) is 6.04 Å². The Kier molecular flexibility index (Phi) is 5.34.